The summed E-state index contributed by atoms with van der Waals surface area (Å²) in [6, 6.07) is 15.1. The first kappa shape index (κ1) is 17.5. The van der Waals surface area contributed by atoms with Crippen LogP contribution in [0.1, 0.15) is 26.8 Å². The van der Waals surface area contributed by atoms with Gasteiger partial charge in [-0.25, -0.2) is 4.98 Å². The number of rotatable bonds is 5. The Bertz CT molecular complexity index is 1020. The molecule has 7 heteroatoms. The molecule has 0 amide bonds. The first-order chi connectivity index (χ1) is 12.5. The molecule has 1 atom stereocenters. The molecule has 26 heavy (non-hydrogen) atoms. The molecule has 0 spiro atoms. The lowest BCUT2D eigenvalue weighted by atomic mass is 9.99. The number of hydrogen-bond acceptors (Lipinski definition) is 6. The van der Waals surface area contributed by atoms with Crippen LogP contribution in [0.3, 0.4) is 0 Å². The summed E-state index contributed by atoms with van der Waals surface area (Å²) in [7, 11) is 0. The fourth-order valence-electron chi connectivity index (χ4n) is 2.44. The lowest BCUT2D eigenvalue weighted by Crippen LogP contribution is -2.11. The zero-order valence-corrected chi connectivity index (χ0v) is 14.6. The van der Waals surface area contributed by atoms with Gasteiger partial charge in [-0.05, 0) is 6.92 Å². The van der Waals surface area contributed by atoms with Crippen LogP contribution in [0, 0.1) is 28.4 Å². The van der Waals surface area contributed by atoms with E-state index in [1.54, 1.807) is 5.38 Å². The third-order valence-electron chi connectivity index (χ3n) is 3.85. The fraction of sp³-hybridized carbons (Fsp3) is 0.105. The first-order valence-electron chi connectivity index (χ1n) is 7.70. The van der Waals surface area contributed by atoms with Crippen LogP contribution in [0.2, 0.25) is 0 Å². The topological polar surface area (TPSA) is 96.9 Å². The molecule has 0 aliphatic heterocycles. The number of carbonyl (C=O) groups excluding carboxylic acids is 1. The highest BCUT2D eigenvalue weighted by molar-refractivity contribution is 7.10. The summed E-state index contributed by atoms with van der Waals surface area (Å²) in [5.41, 5.74) is 2.65. The van der Waals surface area contributed by atoms with E-state index in [0.717, 1.165) is 11.1 Å². The number of aromatic nitrogens is 1. The minimum atomic E-state index is -1.10. The lowest BCUT2D eigenvalue weighted by Gasteiger charge is -2.05. The van der Waals surface area contributed by atoms with Crippen molar-refractivity contribution in [2.24, 2.45) is 0 Å². The number of ketones is 1. The van der Waals surface area contributed by atoms with E-state index >= 15 is 0 Å². The zero-order chi connectivity index (χ0) is 18.7. The molecular weight excluding hydrogens is 350 g/mol. The van der Waals surface area contributed by atoms with Gasteiger partial charge in [-0.1, -0.05) is 42.0 Å². The summed E-state index contributed by atoms with van der Waals surface area (Å²) < 4.78 is 0. The van der Waals surface area contributed by atoms with Gasteiger partial charge in [0.25, 0.3) is 5.69 Å². The Hall–Kier alpha value is -3.37. The van der Waals surface area contributed by atoms with Crippen molar-refractivity contribution in [3.8, 4) is 17.3 Å². The van der Waals surface area contributed by atoms with E-state index in [4.69, 9.17) is 0 Å². The monoisotopic (exact) mass is 363 g/mol. The number of nitriles is 1. The molecule has 2 aromatic carbocycles. The predicted molar refractivity (Wildman–Crippen MR) is 98.1 cm³/mol. The van der Waals surface area contributed by atoms with E-state index < -0.39 is 16.6 Å². The number of carbonyl (C=O) groups is 1. The average molecular weight is 363 g/mol. The highest BCUT2D eigenvalue weighted by atomic mass is 32.1. The third kappa shape index (κ3) is 3.50. The van der Waals surface area contributed by atoms with E-state index in [1.807, 2.05) is 37.3 Å². The zero-order valence-electron chi connectivity index (χ0n) is 13.7. The molecular formula is C19H13N3O3S. The Balaban J connectivity index is 1.91. The molecule has 6 nitrogen and oxygen atoms in total. The van der Waals surface area contributed by atoms with Gasteiger partial charge in [0, 0.05) is 28.6 Å². The predicted octanol–water partition coefficient (Wildman–Crippen LogP) is 4.52. The summed E-state index contributed by atoms with van der Waals surface area (Å²) in [6.45, 7) is 1.99. The van der Waals surface area contributed by atoms with E-state index in [1.165, 1.54) is 35.6 Å². The van der Waals surface area contributed by atoms with Gasteiger partial charge in [0.1, 0.15) is 5.01 Å². The van der Waals surface area contributed by atoms with Crippen molar-refractivity contribution in [2.45, 2.75) is 12.8 Å². The number of non-ortho nitro benzene ring substituents is 1. The Labute approximate surface area is 153 Å². The van der Waals surface area contributed by atoms with Gasteiger partial charge in [0.2, 0.25) is 0 Å². The lowest BCUT2D eigenvalue weighted by molar-refractivity contribution is -0.384. The molecule has 0 aliphatic carbocycles. The Kier molecular flexibility index (Phi) is 4.87. The summed E-state index contributed by atoms with van der Waals surface area (Å²) in [6.07, 6.45) is 0. The third-order valence-corrected chi connectivity index (χ3v) is 4.76. The number of nitro benzene ring substituents is 1. The van der Waals surface area contributed by atoms with Crippen LogP contribution in [-0.4, -0.2) is 15.7 Å². The number of benzene rings is 2. The SMILES string of the molecule is Cc1ccc(-c2csc(C(C#N)C(=O)c3cccc([N+](=O)[O-])c3)n2)cc1. The summed E-state index contributed by atoms with van der Waals surface area (Å²) in [5, 5.41) is 22.5. The van der Waals surface area contributed by atoms with Gasteiger partial charge in [0.15, 0.2) is 11.7 Å². The molecule has 1 aromatic heterocycles. The van der Waals surface area contributed by atoms with Gasteiger partial charge in [-0.15, -0.1) is 11.3 Å². The van der Waals surface area contributed by atoms with Gasteiger partial charge >= 0.3 is 0 Å². The molecule has 1 unspecified atom stereocenters. The quantitative estimate of drug-likeness (QED) is 0.377. The van der Waals surface area contributed by atoms with Crippen molar-refractivity contribution in [3.63, 3.8) is 0 Å². The maximum atomic E-state index is 12.7. The molecule has 0 fully saturated rings. The molecule has 0 radical (unpaired) electrons. The maximum Gasteiger partial charge on any atom is 0.270 e. The number of nitro groups is 1. The van der Waals surface area contributed by atoms with Gasteiger partial charge < -0.3 is 0 Å². The summed E-state index contributed by atoms with van der Waals surface area (Å²) in [4.78, 5) is 27.4. The van der Waals surface area contributed by atoms with Crippen molar-refractivity contribution < 1.29 is 9.72 Å². The number of aryl methyl sites for hydroxylation is 1. The molecule has 0 N–H and O–H groups in total. The van der Waals surface area contributed by atoms with Crippen LogP contribution in [0.25, 0.3) is 11.3 Å². The number of hydrogen-bond donors (Lipinski definition) is 0. The van der Waals surface area contributed by atoms with E-state index in [0.29, 0.717) is 10.7 Å². The van der Waals surface area contributed by atoms with Gasteiger partial charge in [0.05, 0.1) is 16.7 Å². The van der Waals surface area contributed by atoms with Crippen LogP contribution in [0.5, 0.6) is 0 Å². The fourth-order valence-corrected chi connectivity index (χ4v) is 3.31. The Morgan fingerprint density at radius 1 is 1.27 bits per heavy atom. The van der Waals surface area contributed by atoms with Crippen molar-refractivity contribution in [1.82, 2.24) is 4.98 Å². The number of Topliss-reactive ketones (excluding diaryl/α,β-unsaturated/α-hetero) is 1. The second-order valence-electron chi connectivity index (χ2n) is 5.67. The highest BCUT2D eigenvalue weighted by Crippen LogP contribution is 2.29. The van der Waals surface area contributed by atoms with Gasteiger partial charge in [-0.2, -0.15) is 5.26 Å². The van der Waals surface area contributed by atoms with Crippen LogP contribution in [0.15, 0.2) is 53.9 Å². The van der Waals surface area contributed by atoms with E-state index in [9.17, 15) is 20.2 Å². The standard InChI is InChI=1S/C19H13N3O3S/c1-12-5-7-13(8-6-12)17-11-26-19(21-17)16(10-20)18(23)14-3-2-4-15(9-14)22(24)25/h2-9,11,16H,1H3. The van der Waals surface area contributed by atoms with Crippen LogP contribution in [-0.2, 0) is 0 Å². The first-order valence-corrected chi connectivity index (χ1v) is 8.58. The summed E-state index contributed by atoms with van der Waals surface area (Å²) >= 11 is 1.23. The number of thiazole rings is 1. The van der Waals surface area contributed by atoms with Crippen LogP contribution in [0.4, 0.5) is 5.69 Å². The maximum absolute atomic E-state index is 12.7. The molecule has 0 aliphatic rings. The van der Waals surface area contributed by atoms with Crippen molar-refractivity contribution in [2.75, 3.05) is 0 Å². The minimum absolute atomic E-state index is 0.123. The highest BCUT2D eigenvalue weighted by Gasteiger charge is 2.26. The molecule has 1 heterocycles. The number of nitrogens with zero attached hydrogens (tertiary/aromatic N) is 3. The Morgan fingerprint density at radius 2 is 2.00 bits per heavy atom. The molecule has 128 valence electrons. The summed E-state index contributed by atoms with van der Waals surface area (Å²) in [5.74, 6) is -1.60. The Morgan fingerprint density at radius 3 is 2.65 bits per heavy atom. The van der Waals surface area contributed by atoms with Crippen molar-refractivity contribution in [1.29, 1.82) is 5.26 Å². The molecule has 0 saturated carbocycles. The second kappa shape index (κ2) is 7.25. The average Bonchev–Trinajstić information content (AvgIpc) is 3.12. The molecule has 3 rings (SSSR count). The molecule has 0 bridgehead atoms. The smallest absolute Gasteiger partial charge is 0.270 e. The molecule has 0 saturated heterocycles. The van der Waals surface area contributed by atoms with Crippen LogP contribution >= 0.6 is 11.3 Å². The normalized spacial score (nSPS) is 11.5. The van der Waals surface area contributed by atoms with E-state index in [-0.39, 0.29) is 11.3 Å². The van der Waals surface area contributed by atoms with Crippen molar-refractivity contribution >= 4 is 22.8 Å². The van der Waals surface area contributed by atoms with Crippen molar-refractivity contribution in [3.05, 3.63) is 80.2 Å². The van der Waals surface area contributed by atoms with E-state index in [2.05, 4.69) is 4.98 Å². The second-order valence-corrected chi connectivity index (χ2v) is 6.56. The minimum Gasteiger partial charge on any atom is -0.292 e. The van der Waals surface area contributed by atoms with Gasteiger partial charge in [-0.3, -0.25) is 14.9 Å². The largest absolute Gasteiger partial charge is 0.292 e. The molecule has 3 aromatic rings. The van der Waals surface area contributed by atoms with Crippen LogP contribution < -0.4 is 0 Å².